The van der Waals surface area contributed by atoms with Crippen molar-refractivity contribution in [2.24, 2.45) is 5.92 Å². The molecule has 1 fully saturated rings. The van der Waals surface area contributed by atoms with Crippen molar-refractivity contribution in [3.63, 3.8) is 0 Å². The summed E-state index contributed by atoms with van der Waals surface area (Å²) < 4.78 is 1.93. The maximum absolute atomic E-state index is 12.5. The van der Waals surface area contributed by atoms with E-state index in [1.165, 1.54) is 0 Å². The number of benzene rings is 1. The number of hydrogen-bond donors (Lipinski definition) is 2. The molecule has 123 valence electrons. The number of piperidine rings is 1. The van der Waals surface area contributed by atoms with E-state index >= 15 is 0 Å². The molecule has 1 aliphatic heterocycles. The molecule has 1 amide bonds. The van der Waals surface area contributed by atoms with Gasteiger partial charge in [-0.25, -0.2) is 0 Å². The predicted molar refractivity (Wildman–Crippen MR) is 88.0 cm³/mol. The Morgan fingerprint density at radius 2 is 2.04 bits per heavy atom. The second-order valence-electron chi connectivity index (χ2n) is 6.31. The molecule has 2 aromatic rings. The van der Waals surface area contributed by atoms with E-state index in [-0.39, 0.29) is 30.5 Å². The second-order valence-corrected chi connectivity index (χ2v) is 6.31. The molecule has 1 aromatic carbocycles. The van der Waals surface area contributed by atoms with Gasteiger partial charge in [-0.1, -0.05) is 18.2 Å². The van der Waals surface area contributed by atoms with Gasteiger partial charge in [0.05, 0.1) is 5.52 Å². The number of fused-ring (bicyclic) bond motifs is 1. The van der Waals surface area contributed by atoms with Gasteiger partial charge in [-0.3, -0.25) is 9.48 Å². The molecule has 1 radical (unpaired) electrons. The molecule has 0 aliphatic carbocycles. The summed E-state index contributed by atoms with van der Waals surface area (Å²) in [5.74, 6) is 0.512. The normalized spacial score (nSPS) is 15.6. The van der Waals surface area contributed by atoms with Gasteiger partial charge in [0.1, 0.15) is 0 Å². The molecule has 0 unspecified atom stereocenters. The first-order chi connectivity index (χ1) is 10.7. The van der Waals surface area contributed by atoms with Gasteiger partial charge in [0, 0.05) is 36.5 Å². The van der Waals surface area contributed by atoms with Gasteiger partial charge in [0.25, 0.3) is 5.91 Å². The molecule has 5 nitrogen and oxygen atoms in total. The molecule has 3 rings (SSSR count). The molecule has 0 saturated carbocycles. The van der Waals surface area contributed by atoms with Crippen LogP contribution >= 0.6 is 0 Å². The first kappa shape index (κ1) is 18.0. The molecule has 6 heteroatoms. The molecule has 0 atom stereocenters. The quantitative estimate of drug-likeness (QED) is 0.889. The Morgan fingerprint density at radius 3 is 2.74 bits per heavy atom. The van der Waals surface area contributed by atoms with Crippen molar-refractivity contribution in [1.29, 1.82) is 0 Å². The van der Waals surface area contributed by atoms with Crippen LogP contribution in [0.3, 0.4) is 0 Å². The van der Waals surface area contributed by atoms with E-state index in [4.69, 9.17) is 0 Å². The molecular weight excluding hydrogens is 327 g/mol. The van der Waals surface area contributed by atoms with Gasteiger partial charge in [-0.15, -0.1) is 0 Å². The fourth-order valence-electron chi connectivity index (χ4n) is 3.06. The van der Waals surface area contributed by atoms with Crippen molar-refractivity contribution in [1.82, 2.24) is 20.4 Å². The van der Waals surface area contributed by atoms with E-state index in [0.717, 1.165) is 43.4 Å². The van der Waals surface area contributed by atoms with Crippen molar-refractivity contribution >= 4 is 16.8 Å². The minimum Gasteiger partial charge on any atom is -0.350 e. The Bertz CT molecular complexity index is 662. The van der Waals surface area contributed by atoms with Crippen LogP contribution in [0.25, 0.3) is 10.9 Å². The molecule has 1 aromatic heterocycles. The van der Waals surface area contributed by atoms with E-state index < -0.39 is 0 Å². The van der Waals surface area contributed by atoms with E-state index in [0.29, 0.717) is 11.6 Å². The summed E-state index contributed by atoms with van der Waals surface area (Å²) in [6, 6.07) is 8.17. The number of carbonyl (C=O) groups excluding carboxylic acids is 1. The van der Waals surface area contributed by atoms with Gasteiger partial charge in [-0.2, -0.15) is 5.10 Å². The van der Waals surface area contributed by atoms with Crippen LogP contribution in [0.2, 0.25) is 0 Å². The third-order valence-electron chi connectivity index (χ3n) is 4.33. The zero-order valence-electron chi connectivity index (χ0n) is 13.7. The SMILES string of the molecule is CC(C)n1nc(C(=O)NCC2CCNCC2)c2ccccc21.[V]. The first-order valence-electron chi connectivity index (χ1n) is 8.13. The molecule has 2 N–H and O–H groups in total. The van der Waals surface area contributed by atoms with Crippen molar-refractivity contribution in [2.45, 2.75) is 32.7 Å². The first-order valence-corrected chi connectivity index (χ1v) is 8.13. The van der Waals surface area contributed by atoms with Gasteiger partial charge >= 0.3 is 0 Å². The number of rotatable bonds is 4. The Morgan fingerprint density at radius 1 is 1.35 bits per heavy atom. The molecule has 23 heavy (non-hydrogen) atoms. The number of nitrogens with zero attached hydrogens (tertiary/aromatic N) is 2. The summed E-state index contributed by atoms with van der Waals surface area (Å²) in [5, 5.41) is 11.9. The fraction of sp³-hybridized carbons (Fsp3) is 0.529. The van der Waals surface area contributed by atoms with E-state index in [2.05, 4.69) is 29.6 Å². The number of para-hydroxylation sites is 1. The monoisotopic (exact) mass is 351 g/mol. The van der Waals surface area contributed by atoms with Crippen LogP contribution in [0.15, 0.2) is 24.3 Å². The topological polar surface area (TPSA) is 59.0 Å². The molecular formula is C17H24N4OV. The van der Waals surface area contributed by atoms with Crippen LogP contribution in [0, 0.1) is 5.92 Å². The van der Waals surface area contributed by atoms with Crippen LogP contribution in [-0.2, 0) is 18.6 Å². The third-order valence-corrected chi connectivity index (χ3v) is 4.33. The average Bonchev–Trinajstić information content (AvgIpc) is 2.93. The maximum atomic E-state index is 12.5. The van der Waals surface area contributed by atoms with Gasteiger partial charge < -0.3 is 10.6 Å². The summed E-state index contributed by atoms with van der Waals surface area (Å²) in [6.45, 7) is 6.99. The Hall–Kier alpha value is -1.30. The molecule has 1 aliphatic rings. The van der Waals surface area contributed by atoms with Crippen molar-refractivity contribution in [3.8, 4) is 0 Å². The Labute approximate surface area is 149 Å². The maximum Gasteiger partial charge on any atom is 0.272 e. The largest absolute Gasteiger partial charge is 0.350 e. The summed E-state index contributed by atoms with van der Waals surface area (Å²) in [7, 11) is 0. The molecule has 0 bridgehead atoms. The van der Waals surface area contributed by atoms with Crippen LogP contribution in [0.1, 0.15) is 43.2 Å². The zero-order valence-corrected chi connectivity index (χ0v) is 15.1. The zero-order chi connectivity index (χ0) is 15.5. The number of aromatic nitrogens is 2. The van der Waals surface area contributed by atoms with Crippen LogP contribution in [0.5, 0.6) is 0 Å². The third kappa shape index (κ3) is 3.97. The van der Waals surface area contributed by atoms with Gasteiger partial charge in [0.2, 0.25) is 0 Å². The Balaban J connectivity index is 0.00000192. The molecule has 0 spiro atoms. The Kier molecular flexibility index (Phi) is 6.28. The van der Waals surface area contributed by atoms with E-state index in [9.17, 15) is 4.79 Å². The smallest absolute Gasteiger partial charge is 0.272 e. The van der Waals surface area contributed by atoms with Crippen LogP contribution < -0.4 is 10.6 Å². The standard InChI is InChI=1S/C17H24N4O.V/c1-12(2)21-15-6-4-3-5-14(15)16(20-21)17(22)19-11-13-7-9-18-10-8-13;/h3-6,12-13,18H,7-11H2,1-2H3,(H,19,22);. The van der Waals surface area contributed by atoms with Crippen molar-refractivity contribution in [3.05, 3.63) is 30.0 Å². The minimum absolute atomic E-state index is 0. The summed E-state index contributed by atoms with van der Waals surface area (Å²) in [6.07, 6.45) is 2.25. The average molecular weight is 351 g/mol. The number of hydrogen-bond acceptors (Lipinski definition) is 3. The van der Waals surface area contributed by atoms with Crippen LogP contribution in [0.4, 0.5) is 0 Å². The number of amides is 1. The van der Waals surface area contributed by atoms with E-state index in [1.807, 2.05) is 28.9 Å². The number of nitrogens with one attached hydrogen (secondary N) is 2. The second kappa shape index (κ2) is 8.00. The summed E-state index contributed by atoms with van der Waals surface area (Å²) >= 11 is 0. The van der Waals surface area contributed by atoms with Gasteiger partial charge in [0.15, 0.2) is 5.69 Å². The molecule has 1 saturated heterocycles. The van der Waals surface area contributed by atoms with E-state index in [1.54, 1.807) is 0 Å². The summed E-state index contributed by atoms with van der Waals surface area (Å²) in [5.41, 5.74) is 1.56. The van der Waals surface area contributed by atoms with Crippen LogP contribution in [-0.4, -0.2) is 35.3 Å². The van der Waals surface area contributed by atoms with Crippen molar-refractivity contribution < 1.29 is 23.4 Å². The minimum atomic E-state index is -0.0610. The fourth-order valence-corrected chi connectivity index (χ4v) is 3.06. The van der Waals surface area contributed by atoms with Gasteiger partial charge in [-0.05, 0) is 51.8 Å². The predicted octanol–water partition coefficient (Wildman–Crippen LogP) is 2.34. The number of carbonyl (C=O) groups is 1. The summed E-state index contributed by atoms with van der Waals surface area (Å²) in [4.78, 5) is 12.5. The molecule has 2 heterocycles. The van der Waals surface area contributed by atoms with Crippen molar-refractivity contribution in [2.75, 3.05) is 19.6 Å².